The Morgan fingerprint density at radius 3 is 2.53 bits per heavy atom. The Labute approximate surface area is 117 Å². The Hall–Kier alpha value is -1.88. The lowest BCUT2D eigenvalue weighted by atomic mass is 10.1. The SMILES string of the molecule is Cc1ccc(Oc2ccc(Br)cc2F)c(C(=O)O)c1. The molecule has 0 aliphatic rings. The maximum absolute atomic E-state index is 13.6. The van der Waals surface area contributed by atoms with Crippen LogP contribution < -0.4 is 4.74 Å². The van der Waals surface area contributed by atoms with E-state index in [-0.39, 0.29) is 17.1 Å². The van der Waals surface area contributed by atoms with E-state index in [0.29, 0.717) is 4.47 Å². The van der Waals surface area contributed by atoms with Crippen molar-refractivity contribution in [3.8, 4) is 11.5 Å². The van der Waals surface area contributed by atoms with Crippen molar-refractivity contribution >= 4 is 21.9 Å². The van der Waals surface area contributed by atoms with Gasteiger partial charge in [-0.3, -0.25) is 0 Å². The average Bonchev–Trinajstić information content (AvgIpc) is 2.34. The van der Waals surface area contributed by atoms with E-state index in [1.807, 2.05) is 0 Å². The van der Waals surface area contributed by atoms with Crippen LogP contribution in [0, 0.1) is 12.7 Å². The fraction of sp³-hybridized carbons (Fsp3) is 0.0714. The molecular weight excluding hydrogens is 315 g/mol. The molecule has 2 aromatic carbocycles. The molecule has 0 radical (unpaired) electrons. The Morgan fingerprint density at radius 1 is 1.21 bits per heavy atom. The zero-order valence-corrected chi connectivity index (χ0v) is 11.6. The van der Waals surface area contributed by atoms with Gasteiger partial charge in [-0.2, -0.15) is 0 Å². The Morgan fingerprint density at radius 2 is 1.89 bits per heavy atom. The third-order valence-electron chi connectivity index (χ3n) is 2.48. The summed E-state index contributed by atoms with van der Waals surface area (Å²) in [6.45, 7) is 1.77. The van der Waals surface area contributed by atoms with Crippen LogP contribution in [-0.4, -0.2) is 11.1 Å². The first-order valence-electron chi connectivity index (χ1n) is 5.44. The minimum absolute atomic E-state index is 0.00215. The Bertz CT molecular complexity index is 641. The van der Waals surface area contributed by atoms with E-state index < -0.39 is 11.8 Å². The van der Waals surface area contributed by atoms with Crippen molar-refractivity contribution < 1.29 is 19.0 Å². The number of benzene rings is 2. The monoisotopic (exact) mass is 324 g/mol. The second kappa shape index (κ2) is 5.40. The standard InChI is InChI=1S/C14H10BrFO3/c1-8-2-4-12(10(6-8)14(17)18)19-13-5-3-9(15)7-11(13)16/h2-7H,1H3,(H,17,18). The van der Waals surface area contributed by atoms with Crippen molar-refractivity contribution in [3.05, 3.63) is 57.8 Å². The summed E-state index contributed by atoms with van der Waals surface area (Å²) in [5, 5.41) is 9.10. The van der Waals surface area contributed by atoms with Crippen LogP contribution in [0.4, 0.5) is 4.39 Å². The molecule has 5 heteroatoms. The summed E-state index contributed by atoms with van der Waals surface area (Å²) in [6, 6.07) is 9.01. The van der Waals surface area contributed by atoms with Gasteiger partial charge in [-0.1, -0.05) is 27.6 Å². The molecule has 1 N–H and O–H groups in total. The summed E-state index contributed by atoms with van der Waals surface area (Å²) in [4.78, 5) is 11.1. The van der Waals surface area contributed by atoms with Crippen molar-refractivity contribution in [1.82, 2.24) is 0 Å². The molecule has 0 heterocycles. The number of hydrogen-bond donors (Lipinski definition) is 1. The largest absolute Gasteiger partial charge is 0.478 e. The Kier molecular flexibility index (Phi) is 3.85. The number of carbonyl (C=O) groups is 1. The van der Waals surface area contributed by atoms with E-state index in [1.165, 1.54) is 24.3 Å². The van der Waals surface area contributed by atoms with Crippen LogP contribution in [0.2, 0.25) is 0 Å². The van der Waals surface area contributed by atoms with Crippen LogP contribution in [0.1, 0.15) is 15.9 Å². The second-order valence-electron chi connectivity index (χ2n) is 3.98. The van der Waals surface area contributed by atoms with Crippen LogP contribution in [0.5, 0.6) is 11.5 Å². The number of carboxylic acids is 1. The van der Waals surface area contributed by atoms with Gasteiger partial charge in [0.1, 0.15) is 11.3 Å². The quantitative estimate of drug-likeness (QED) is 0.910. The number of hydrogen-bond acceptors (Lipinski definition) is 2. The second-order valence-corrected chi connectivity index (χ2v) is 4.90. The number of ether oxygens (including phenoxy) is 1. The van der Waals surface area contributed by atoms with E-state index in [1.54, 1.807) is 19.1 Å². The van der Waals surface area contributed by atoms with Gasteiger partial charge < -0.3 is 9.84 Å². The molecule has 2 aromatic rings. The molecule has 0 fully saturated rings. The smallest absolute Gasteiger partial charge is 0.339 e. The molecule has 0 amide bonds. The van der Waals surface area contributed by atoms with Gasteiger partial charge in [-0.25, -0.2) is 9.18 Å². The van der Waals surface area contributed by atoms with E-state index in [4.69, 9.17) is 9.84 Å². The highest BCUT2D eigenvalue weighted by Crippen LogP contribution is 2.29. The molecule has 0 aliphatic carbocycles. The van der Waals surface area contributed by atoms with Gasteiger partial charge in [0.2, 0.25) is 0 Å². The number of halogens is 2. The average molecular weight is 325 g/mol. The van der Waals surface area contributed by atoms with E-state index in [0.717, 1.165) is 5.56 Å². The zero-order valence-electron chi connectivity index (χ0n) is 9.98. The van der Waals surface area contributed by atoms with Crippen molar-refractivity contribution in [2.75, 3.05) is 0 Å². The summed E-state index contributed by atoms with van der Waals surface area (Å²) in [5.41, 5.74) is 0.795. The van der Waals surface area contributed by atoms with E-state index in [9.17, 15) is 9.18 Å². The summed E-state index contributed by atoms with van der Waals surface area (Å²) >= 11 is 3.14. The van der Waals surface area contributed by atoms with E-state index >= 15 is 0 Å². The van der Waals surface area contributed by atoms with Crippen LogP contribution >= 0.6 is 15.9 Å². The highest BCUT2D eigenvalue weighted by molar-refractivity contribution is 9.10. The van der Waals surface area contributed by atoms with Crippen molar-refractivity contribution in [1.29, 1.82) is 0 Å². The summed E-state index contributed by atoms with van der Waals surface area (Å²) in [6.07, 6.45) is 0. The molecule has 0 saturated heterocycles. The maximum Gasteiger partial charge on any atom is 0.339 e. The Balaban J connectivity index is 2.40. The first kappa shape index (κ1) is 13.5. The molecule has 19 heavy (non-hydrogen) atoms. The van der Waals surface area contributed by atoms with Gasteiger partial charge in [0, 0.05) is 4.47 Å². The number of rotatable bonds is 3. The van der Waals surface area contributed by atoms with Crippen LogP contribution in [-0.2, 0) is 0 Å². The minimum atomic E-state index is -1.11. The number of aromatic carboxylic acids is 1. The minimum Gasteiger partial charge on any atom is -0.478 e. The molecule has 0 spiro atoms. The van der Waals surface area contributed by atoms with Gasteiger partial charge in [0.05, 0.1) is 0 Å². The predicted octanol–water partition coefficient (Wildman–Crippen LogP) is 4.39. The highest BCUT2D eigenvalue weighted by Gasteiger charge is 2.14. The zero-order chi connectivity index (χ0) is 14.0. The molecule has 3 nitrogen and oxygen atoms in total. The van der Waals surface area contributed by atoms with Crippen molar-refractivity contribution in [2.45, 2.75) is 6.92 Å². The van der Waals surface area contributed by atoms with Gasteiger partial charge in [0.15, 0.2) is 11.6 Å². The third-order valence-corrected chi connectivity index (χ3v) is 2.97. The van der Waals surface area contributed by atoms with Crippen molar-refractivity contribution in [2.24, 2.45) is 0 Å². The molecule has 0 aliphatic heterocycles. The third kappa shape index (κ3) is 3.12. The lowest BCUT2D eigenvalue weighted by molar-refractivity contribution is 0.0694. The molecule has 0 atom stereocenters. The molecule has 0 saturated carbocycles. The van der Waals surface area contributed by atoms with Crippen LogP contribution in [0.3, 0.4) is 0 Å². The molecule has 98 valence electrons. The fourth-order valence-electron chi connectivity index (χ4n) is 1.58. The van der Waals surface area contributed by atoms with Crippen molar-refractivity contribution in [3.63, 3.8) is 0 Å². The molecule has 0 aromatic heterocycles. The molecule has 0 bridgehead atoms. The highest BCUT2D eigenvalue weighted by atomic mass is 79.9. The first-order valence-corrected chi connectivity index (χ1v) is 6.23. The van der Waals surface area contributed by atoms with Gasteiger partial charge in [-0.15, -0.1) is 0 Å². The van der Waals surface area contributed by atoms with Gasteiger partial charge in [0.25, 0.3) is 0 Å². The van der Waals surface area contributed by atoms with Gasteiger partial charge in [-0.05, 0) is 37.3 Å². The van der Waals surface area contributed by atoms with Crippen LogP contribution in [0.15, 0.2) is 40.9 Å². The van der Waals surface area contributed by atoms with Crippen LogP contribution in [0.25, 0.3) is 0 Å². The maximum atomic E-state index is 13.6. The van der Waals surface area contributed by atoms with Gasteiger partial charge >= 0.3 is 5.97 Å². The fourth-order valence-corrected chi connectivity index (χ4v) is 1.91. The lowest BCUT2D eigenvalue weighted by Crippen LogP contribution is -2.01. The molecule has 2 rings (SSSR count). The predicted molar refractivity (Wildman–Crippen MR) is 72.3 cm³/mol. The number of carboxylic acid groups (broad SMARTS) is 1. The number of aryl methyl sites for hydroxylation is 1. The topological polar surface area (TPSA) is 46.5 Å². The summed E-state index contributed by atoms with van der Waals surface area (Å²) in [5.74, 6) is -1.59. The molecule has 0 unspecified atom stereocenters. The van der Waals surface area contributed by atoms with E-state index in [2.05, 4.69) is 15.9 Å². The lowest BCUT2D eigenvalue weighted by Gasteiger charge is -2.10. The normalized spacial score (nSPS) is 10.3. The first-order chi connectivity index (χ1) is 8.97. The summed E-state index contributed by atoms with van der Waals surface area (Å²) in [7, 11) is 0. The molecular formula is C14H10BrFO3. The summed E-state index contributed by atoms with van der Waals surface area (Å²) < 4.78 is 19.6.